The third kappa shape index (κ3) is 4.36. The summed E-state index contributed by atoms with van der Waals surface area (Å²) < 4.78 is 57.4. The molecule has 0 radical (unpaired) electrons. The van der Waals surface area contributed by atoms with Crippen molar-refractivity contribution in [3.8, 4) is 5.75 Å². The van der Waals surface area contributed by atoms with E-state index in [1.165, 1.54) is 19.2 Å². The summed E-state index contributed by atoms with van der Waals surface area (Å²) in [7, 11) is -2.61. The Hall–Kier alpha value is -2.69. The van der Waals surface area contributed by atoms with Gasteiger partial charge < -0.3 is 19.3 Å². The molecule has 0 bridgehead atoms. The minimum Gasteiger partial charge on any atom is -0.487 e. The summed E-state index contributed by atoms with van der Waals surface area (Å²) in [4.78, 5) is 11.6. The van der Waals surface area contributed by atoms with Gasteiger partial charge in [-0.25, -0.2) is 12.8 Å². The lowest BCUT2D eigenvalue weighted by atomic mass is 9.84. The molecule has 2 aromatic carbocycles. The van der Waals surface area contributed by atoms with Crippen LogP contribution in [0.3, 0.4) is 0 Å². The number of halogens is 1. The van der Waals surface area contributed by atoms with Crippen LogP contribution in [0.15, 0.2) is 47.4 Å². The molecular formula is C21H22FNO7S. The zero-order valence-electron chi connectivity index (χ0n) is 16.7. The second-order valence-corrected chi connectivity index (χ2v) is 9.18. The summed E-state index contributed by atoms with van der Waals surface area (Å²) in [5, 5.41) is 9.74. The Morgan fingerprint density at radius 1 is 1.26 bits per heavy atom. The normalized spacial score (nSPS) is 24.6. The number of carbonyl (C=O) groups excluding carboxylic acids is 1. The molecule has 0 aromatic heterocycles. The van der Waals surface area contributed by atoms with Gasteiger partial charge in [0, 0.05) is 17.2 Å². The number of hydrogen-bond donors (Lipinski definition) is 2. The maximum absolute atomic E-state index is 13.1. The van der Waals surface area contributed by atoms with Crippen LogP contribution in [0.5, 0.6) is 5.75 Å². The highest BCUT2D eigenvalue weighted by atomic mass is 32.2. The van der Waals surface area contributed by atoms with Crippen molar-refractivity contribution in [1.29, 1.82) is 0 Å². The van der Waals surface area contributed by atoms with E-state index < -0.39 is 40.1 Å². The second kappa shape index (κ2) is 8.45. The number of anilines is 1. The summed E-state index contributed by atoms with van der Waals surface area (Å²) in [6.07, 6.45) is -1.03. The van der Waals surface area contributed by atoms with E-state index in [-0.39, 0.29) is 23.8 Å². The fourth-order valence-electron chi connectivity index (χ4n) is 4.05. The zero-order valence-corrected chi connectivity index (χ0v) is 17.5. The first kappa shape index (κ1) is 21.5. The predicted molar refractivity (Wildman–Crippen MR) is 108 cm³/mol. The van der Waals surface area contributed by atoms with Crippen LogP contribution >= 0.6 is 0 Å². The van der Waals surface area contributed by atoms with Gasteiger partial charge in [-0.2, -0.15) is 0 Å². The van der Waals surface area contributed by atoms with E-state index in [2.05, 4.69) is 4.72 Å². The molecule has 1 fully saturated rings. The number of benzene rings is 2. The topological polar surface area (TPSA) is 111 Å². The Morgan fingerprint density at radius 3 is 2.68 bits per heavy atom. The molecule has 0 amide bonds. The fraction of sp³-hybridized carbons (Fsp3) is 0.381. The van der Waals surface area contributed by atoms with Gasteiger partial charge in [-0.3, -0.25) is 9.52 Å². The Labute approximate surface area is 179 Å². The summed E-state index contributed by atoms with van der Waals surface area (Å²) >= 11 is 0. The number of rotatable bonds is 6. The molecule has 2 heterocycles. The highest BCUT2D eigenvalue weighted by Crippen LogP contribution is 2.47. The van der Waals surface area contributed by atoms with E-state index >= 15 is 0 Å². The van der Waals surface area contributed by atoms with Crippen LogP contribution in [-0.4, -0.2) is 51.5 Å². The molecule has 2 aromatic rings. The van der Waals surface area contributed by atoms with Gasteiger partial charge in [0.25, 0.3) is 10.0 Å². The Morgan fingerprint density at radius 2 is 2.00 bits per heavy atom. The largest absolute Gasteiger partial charge is 0.487 e. The van der Waals surface area contributed by atoms with Crippen LogP contribution in [0.25, 0.3) is 0 Å². The maximum atomic E-state index is 13.1. The molecule has 2 aliphatic rings. The highest BCUT2D eigenvalue weighted by Gasteiger charge is 2.46. The number of sulfonamides is 1. The fourth-order valence-corrected chi connectivity index (χ4v) is 5.10. The monoisotopic (exact) mass is 451 g/mol. The standard InChI is InChI=1S/C21H22FNO7S/c1-28-20(25)10-14-9-17-16-8-13(4-7-18(16)30-21(17)19(11-24)29-14)23-31(26,27)15-5-2-12(22)3-6-15/h2-8,14,17,19,21,23-24H,9-11H2,1H3/t14-,17+,19+,21-/m0/s1. The van der Waals surface area contributed by atoms with Crippen LogP contribution in [0.2, 0.25) is 0 Å². The lowest BCUT2D eigenvalue weighted by Crippen LogP contribution is -2.46. The summed E-state index contributed by atoms with van der Waals surface area (Å²) in [5.41, 5.74) is 1.09. The van der Waals surface area contributed by atoms with Gasteiger partial charge >= 0.3 is 5.97 Å². The number of nitrogens with one attached hydrogen (secondary N) is 1. The first-order chi connectivity index (χ1) is 14.8. The molecule has 31 heavy (non-hydrogen) atoms. The Bertz CT molecular complexity index is 1070. The Kier molecular flexibility index (Phi) is 5.87. The molecule has 2 aliphatic heterocycles. The van der Waals surface area contributed by atoms with Gasteiger partial charge in [0.1, 0.15) is 23.8 Å². The Balaban J connectivity index is 1.58. The molecule has 4 rings (SSSR count). The first-order valence-corrected chi connectivity index (χ1v) is 11.2. The lowest BCUT2D eigenvalue weighted by molar-refractivity contribution is -0.156. The highest BCUT2D eigenvalue weighted by molar-refractivity contribution is 7.92. The number of esters is 1. The minimum atomic E-state index is -3.91. The summed E-state index contributed by atoms with van der Waals surface area (Å²) in [6.45, 7) is -0.281. The third-order valence-corrected chi connectivity index (χ3v) is 6.89. The van der Waals surface area contributed by atoms with Gasteiger partial charge in [0.2, 0.25) is 0 Å². The first-order valence-electron chi connectivity index (χ1n) is 9.73. The van der Waals surface area contributed by atoms with E-state index in [1.807, 2.05) is 0 Å². The molecule has 8 nitrogen and oxygen atoms in total. The van der Waals surface area contributed by atoms with Crippen molar-refractivity contribution in [2.45, 2.75) is 42.0 Å². The van der Waals surface area contributed by atoms with E-state index in [4.69, 9.17) is 14.2 Å². The SMILES string of the molecule is COC(=O)C[C@@H]1C[C@@H]2c3cc(NS(=O)(=O)c4ccc(F)cc4)ccc3O[C@@H]2[C@@H](CO)O1. The van der Waals surface area contributed by atoms with Gasteiger partial charge in [0.15, 0.2) is 0 Å². The van der Waals surface area contributed by atoms with Crippen molar-refractivity contribution < 1.29 is 36.9 Å². The van der Waals surface area contributed by atoms with Crippen molar-refractivity contribution >= 4 is 21.7 Å². The molecule has 0 aliphatic carbocycles. The second-order valence-electron chi connectivity index (χ2n) is 7.50. The molecule has 4 atom stereocenters. The minimum absolute atomic E-state index is 0.0441. The molecule has 1 saturated heterocycles. The third-order valence-electron chi connectivity index (χ3n) is 5.50. The van der Waals surface area contributed by atoms with Gasteiger partial charge in [0.05, 0.1) is 31.1 Å². The van der Waals surface area contributed by atoms with E-state index in [0.29, 0.717) is 17.9 Å². The number of aliphatic hydroxyl groups is 1. The average molecular weight is 451 g/mol. The van der Waals surface area contributed by atoms with Crippen molar-refractivity contribution in [3.05, 3.63) is 53.8 Å². The predicted octanol–water partition coefficient (Wildman–Crippen LogP) is 2.18. The zero-order chi connectivity index (χ0) is 22.2. The smallest absolute Gasteiger partial charge is 0.308 e. The van der Waals surface area contributed by atoms with Gasteiger partial charge in [-0.1, -0.05) is 0 Å². The summed E-state index contributed by atoms with van der Waals surface area (Å²) in [6, 6.07) is 9.42. The lowest BCUT2D eigenvalue weighted by Gasteiger charge is -2.36. The van der Waals surface area contributed by atoms with Crippen LogP contribution in [-0.2, 0) is 24.3 Å². The molecule has 10 heteroatoms. The van der Waals surface area contributed by atoms with Crippen LogP contribution in [0, 0.1) is 5.82 Å². The maximum Gasteiger partial charge on any atom is 0.308 e. The van der Waals surface area contributed by atoms with Crippen molar-refractivity contribution in [1.82, 2.24) is 0 Å². The summed E-state index contributed by atoms with van der Waals surface area (Å²) in [5.74, 6) is -0.564. The van der Waals surface area contributed by atoms with Gasteiger partial charge in [-0.05, 0) is 48.9 Å². The number of methoxy groups -OCH3 is 1. The molecule has 0 spiro atoms. The molecule has 0 saturated carbocycles. The average Bonchev–Trinajstić information content (AvgIpc) is 3.11. The van der Waals surface area contributed by atoms with Crippen molar-refractivity contribution in [2.24, 2.45) is 0 Å². The van der Waals surface area contributed by atoms with E-state index in [1.54, 1.807) is 18.2 Å². The number of ether oxygens (including phenoxy) is 3. The van der Waals surface area contributed by atoms with Crippen LogP contribution < -0.4 is 9.46 Å². The molecule has 2 N–H and O–H groups in total. The number of aliphatic hydroxyl groups excluding tert-OH is 1. The molecular weight excluding hydrogens is 429 g/mol. The van der Waals surface area contributed by atoms with Crippen LogP contribution in [0.4, 0.5) is 10.1 Å². The van der Waals surface area contributed by atoms with Crippen molar-refractivity contribution in [2.75, 3.05) is 18.4 Å². The van der Waals surface area contributed by atoms with Crippen molar-refractivity contribution in [3.63, 3.8) is 0 Å². The van der Waals surface area contributed by atoms with E-state index in [9.17, 15) is 22.7 Å². The number of hydrogen-bond acceptors (Lipinski definition) is 7. The number of carbonyl (C=O) groups is 1. The molecule has 166 valence electrons. The number of fused-ring (bicyclic) bond motifs is 3. The quantitative estimate of drug-likeness (QED) is 0.648. The van der Waals surface area contributed by atoms with Gasteiger partial charge in [-0.15, -0.1) is 0 Å². The van der Waals surface area contributed by atoms with E-state index in [0.717, 1.165) is 17.7 Å². The van der Waals surface area contributed by atoms with Crippen LogP contribution in [0.1, 0.15) is 24.3 Å². The molecule has 0 unspecified atom stereocenters.